The van der Waals surface area contributed by atoms with E-state index in [0.717, 1.165) is 0 Å². The van der Waals surface area contributed by atoms with Crippen molar-refractivity contribution in [3.05, 3.63) is 12.7 Å². The summed E-state index contributed by atoms with van der Waals surface area (Å²) in [5.74, 6) is -0.300. The zero-order chi connectivity index (χ0) is 9.35. The number of carbonyl (C=O) groups excluding carboxylic acids is 1. The zero-order valence-corrected chi connectivity index (χ0v) is 7.66. The Morgan fingerprint density at radius 2 is 2.25 bits per heavy atom. The van der Waals surface area contributed by atoms with E-state index in [1.807, 2.05) is 13.8 Å². The minimum absolute atomic E-state index is 0.0288. The van der Waals surface area contributed by atoms with Crippen molar-refractivity contribution in [2.24, 2.45) is 0 Å². The van der Waals surface area contributed by atoms with E-state index in [1.54, 1.807) is 6.08 Å². The molecular weight excluding hydrogens is 156 g/mol. The fraction of sp³-hybridized carbons (Fsp3) is 0.667. The molecule has 0 spiro atoms. The van der Waals surface area contributed by atoms with Crippen LogP contribution in [-0.4, -0.2) is 23.8 Å². The molecule has 1 aliphatic heterocycles. The van der Waals surface area contributed by atoms with Crippen molar-refractivity contribution < 1.29 is 14.3 Å². The molecule has 1 heterocycles. The minimum Gasteiger partial charge on any atom is -0.455 e. The SMILES string of the molecule is C=C[C@H](OC(C)=O)[C@H]1OC1(C)C. The fourth-order valence-corrected chi connectivity index (χ4v) is 1.18. The lowest BCUT2D eigenvalue weighted by molar-refractivity contribution is -0.144. The number of esters is 1. The lowest BCUT2D eigenvalue weighted by Crippen LogP contribution is -2.23. The predicted molar refractivity (Wildman–Crippen MR) is 44.7 cm³/mol. The van der Waals surface area contributed by atoms with Gasteiger partial charge in [0.25, 0.3) is 0 Å². The molecule has 3 heteroatoms. The monoisotopic (exact) mass is 170 g/mol. The predicted octanol–water partition coefficient (Wildman–Crippen LogP) is 1.28. The first-order valence-corrected chi connectivity index (χ1v) is 3.95. The molecule has 2 atom stereocenters. The molecule has 12 heavy (non-hydrogen) atoms. The van der Waals surface area contributed by atoms with Gasteiger partial charge in [-0.25, -0.2) is 0 Å². The first-order valence-electron chi connectivity index (χ1n) is 3.95. The Labute approximate surface area is 72.4 Å². The number of rotatable bonds is 3. The normalized spacial score (nSPS) is 27.4. The Kier molecular flexibility index (Phi) is 2.24. The summed E-state index contributed by atoms with van der Waals surface area (Å²) in [7, 11) is 0. The maximum Gasteiger partial charge on any atom is 0.303 e. The molecule has 0 unspecified atom stereocenters. The molecule has 0 radical (unpaired) electrons. The summed E-state index contributed by atoms with van der Waals surface area (Å²) in [5, 5.41) is 0. The average molecular weight is 170 g/mol. The Morgan fingerprint density at radius 1 is 1.75 bits per heavy atom. The van der Waals surface area contributed by atoms with E-state index in [-0.39, 0.29) is 23.8 Å². The van der Waals surface area contributed by atoms with Crippen molar-refractivity contribution in [2.45, 2.75) is 38.6 Å². The summed E-state index contributed by atoms with van der Waals surface area (Å²) in [6.07, 6.45) is 1.26. The van der Waals surface area contributed by atoms with Gasteiger partial charge in [0.1, 0.15) is 12.2 Å². The van der Waals surface area contributed by atoms with E-state index in [9.17, 15) is 4.79 Å². The Bertz CT molecular complexity index is 208. The van der Waals surface area contributed by atoms with Crippen LogP contribution in [0, 0.1) is 0 Å². The van der Waals surface area contributed by atoms with E-state index in [2.05, 4.69) is 6.58 Å². The molecule has 1 fully saturated rings. The smallest absolute Gasteiger partial charge is 0.303 e. The Balaban J connectivity index is 2.48. The van der Waals surface area contributed by atoms with Gasteiger partial charge in [0, 0.05) is 6.92 Å². The second-order valence-corrected chi connectivity index (χ2v) is 3.45. The van der Waals surface area contributed by atoms with Gasteiger partial charge in [-0.1, -0.05) is 6.58 Å². The van der Waals surface area contributed by atoms with Gasteiger partial charge < -0.3 is 9.47 Å². The number of epoxide rings is 1. The molecule has 0 aliphatic carbocycles. The van der Waals surface area contributed by atoms with Gasteiger partial charge in [-0.3, -0.25) is 4.79 Å². The summed E-state index contributed by atoms with van der Waals surface area (Å²) in [5.41, 5.74) is -0.172. The van der Waals surface area contributed by atoms with Gasteiger partial charge in [-0.2, -0.15) is 0 Å². The highest BCUT2D eigenvalue weighted by atomic mass is 16.6. The van der Waals surface area contributed by atoms with Crippen LogP contribution in [0.4, 0.5) is 0 Å². The lowest BCUT2D eigenvalue weighted by Gasteiger charge is -2.10. The molecule has 1 aliphatic rings. The van der Waals surface area contributed by atoms with Crippen LogP contribution >= 0.6 is 0 Å². The third-order valence-electron chi connectivity index (χ3n) is 1.89. The second-order valence-electron chi connectivity index (χ2n) is 3.45. The molecule has 3 nitrogen and oxygen atoms in total. The van der Waals surface area contributed by atoms with Crippen LogP contribution < -0.4 is 0 Å². The largest absolute Gasteiger partial charge is 0.455 e. The molecular formula is C9H14O3. The van der Waals surface area contributed by atoms with E-state index < -0.39 is 0 Å². The van der Waals surface area contributed by atoms with E-state index in [1.165, 1.54) is 6.92 Å². The van der Waals surface area contributed by atoms with Gasteiger partial charge in [0.15, 0.2) is 0 Å². The average Bonchev–Trinajstić information content (AvgIpc) is 2.54. The zero-order valence-electron chi connectivity index (χ0n) is 7.66. The van der Waals surface area contributed by atoms with Gasteiger partial charge in [0.2, 0.25) is 0 Å². The molecule has 0 N–H and O–H groups in total. The second kappa shape index (κ2) is 2.90. The van der Waals surface area contributed by atoms with Crippen LogP contribution in [0.2, 0.25) is 0 Å². The summed E-state index contributed by atoms with van der Waals surface area (Å²) in [6.45, 7) is 8.88. The fourth-order valence-electron chi connectivity index (χ4n) is 1.18. The maximum absolute atomic E-state index is 10.6. The molecule has 0 aromatic rings. The maximum atomic E-state index is 10.6. The third kappa shape index (κ3) is 1.85. The first kappa shape index (κ1) is 9.26. The topological polar surface area (TPSA) is 38.8 Å². The van der Waals surface area contributed by atoms with Crippen molar-refractivity contribution >= 4 is 5.97 Å². The van der Waals surface area contributed by atoms with Gasteiger partial charge in [-0.05, 0) is 19.9 Å². The van der Waals surface area contributed by atoms with Crippen molar-refractivity contribution in [1.82, 2.24) is 0 Å². The molecule has 0 aromatic heterocycles. The van der Waals surface area contributed by atoms with Gasteiger partial charge >= 0.3 is 5.97 Å². The Morgan fingerprint density at radius 3 is 2.50 bits per heavy atom. The standard InChI is InChI=1S/C9H14O3/c1-5-7(11-6(2)10)8-9(3,4)12-8/h5,7-8H,1H2,2-4H3/t7-,8+/m0/s1. The summed E-state index contributed by atoms with van der Waals surface area (Å²) in [6, 6.07) is 0. The van der Waals surface area contributed by atoms with Crippen molar-refractivity contribution in [1.29, 1.82) is 0 Å². The highest BCUT2D eigenvalue weighted by Gasteiger charge is 2.53. The number of ether oxygens (including phenoxy) is 2. The molecule has 68 valence electrons. The van der Waals surface area contributed by atoms with Crippen molar-refractivity contribution in [2.75, 3.05) is 0 Å². The minimum atomic E-state index is -0.308. The number of hydrogen-bond donors (Lipinski definition) is 0. The van der Waals surface area contributed by atoms with Crippen molar-refractivity contribution in [3.8, 4) is 0 Å². The molecule has 0 bridgehead atoms. The van der Waals surface area contributed by atoms with Gasteiger partial charge in [-0.15, -0.1) is 0 Å². The highest BCUT2D eigenvalue weighted by molar-refractivity contribution is 5.66. The lowest BCUT2D eigenvalue weighted by atomic mass is 10.1. The molecule has 0 aromatic carbocycles. The molecule has 1 saturated heterocycles. The van der Waals surface area contributed by atoms with E-state index >= 15 is 0 Å². The molecule has 0 saturated carbocycles. The quantitative estimate of drug-likeness (QED) is 0.364. The Hall–Kier alpha value is -0.830. The summed E-state index contributed by atoms with van der Waals surface area (Å²) < 4.78 is 10.3. The van der Waals surface area contributed by atoms with E-state index in [0.29, 0.717) is 0 Å². The first-order chi connectivity index (χ1) is 5.47. The number of carbonyl (C=O) groups is 1. The summed E-state index contributed by atoms with van der Waals surface area (Å²) >= 11 is 0. The van der Waals surface area contributed by atoms with Crippen molar-refractivity contribution in [3.63, 3.8) is 0 Å². The van der Waals surface area contributed by atoms with Crippen LogP contribution in [0.3, 0.4) is 0 Å². The van der Waals surface area contributed by atoms with Crippen LogP contribution in [0.5, 0.6) is 0 Å². The van der Waals surface area contributed by atoms with Crippen LogP contribution in [0.1, 0.15) is 20.8 Å². The van der Waals surface area contributed by atoms with E-state index in [4.69, 9.17) is 9.47 Å². The molecule has 0 amide bonds. The highest BCUT2D eigenvalue weighted by Crippen LogP contribution is 2.39. The summed E-state index contributed by atoms with van der Waals surface area (Å²) in [4.78, 5) is 10.6. The van der Waals surface area contributed by atoms with Gasteiger partial charge in [0.05, 0.1) is 5.60 Å². The van der Waals surface area contributed by atoms with Crippen LogP contribution in [-0.2, 0) is 14.3 Å². The molecule has 1 rings (SSSR count). The number of hydrogen-bond acceptors (Lipinski definition) is 3. The van der Waals surface area contributed by atoms with Crippen LogP contribution in [0.25, 0.3) is 0 Å². The van der Waals surface area contributed by atoms with Crippen LogP contribution in [0.15, 0.2) is 12.7 Å². The third-order valence-corrected chi connectivity index (χ3v) is 1.89.